The topological polar surface area (TPSA) is 17.6 Å². The molecule has 30 heavy (non-hydrogen) atoms. The van der Waals surface area contributed by atoms with E-state index in [1.165, 1.54) is 59.6 Å². The van der Waals surface area contributed by atoms with E-state index in [0.717, 1.165) is 11.2 Å². The summed E-state index contributed by atoms with van der Waals surface area (Å²) < 4.78 is 8.63. The molecule has 3 heterocycles. The summed E-state index contributed by atoms with van der Waals surface area (Å²) in [4.78, 5) is 0. The van der Waals surface area contributed by atoms with E-state index in [2.05, 4.69) is 83.3 Å². The fraction of sp³-hybridized carbons (Fsp3) is 0. The minimum Gasteiger partial charge on any atom is -0.456 e. The lowest BCUT2D eigenvalue weighted by Crippen LogP contribution is -1.81. The summed E-state index contributed by atoms with van der Waals surface area (Å²) in [5.74, 6) is 0. The van der Waals surface area contributed by atoms with Gasteiger partial charge in [0.05, 0.1) is 16.6 Å². The maximum absolute atomic E-state index is 6.18. The standard InChI is InChI=1S/C28H15NO/c1-2-7-17-16(6-1)12-13-23-27(17)20-10-5-9-19-21-15-26-22(14-24(21)29(23)28(19)20)18-8-3-4-11-25(18)30-26/h1-15H. The van der Waals surface area contributed by atoms with Crippen molar-refractivity contribution in [3.63, 3.8) is 0 Å². The average Bonchev–Trinajstić information content (AvgIpc) is 3.43. The van der Waals surface area contributed by atoms with Gasteiger partial charge in [-0.3, -0.25) is 0 Å². The van der Waals surface area contributed by atoms with E-state index in [4.69, 9.17) is 4.42 Å². The van der Waals surface area contributed by atoms with Crippen molar-refractivity contribution >= 4 is 70.8 Å². The Morgan fingerprint density at radius 1 is 0.500 bits per heavy atom. The zero-order valence-electron chi connectivity index (χ0n) is 16.0. The Hall–Kier alpha value is -4.04. The van der Waals surface area contributed by atoms with Crippen LogP contribution in [-0.4, -0.2) is 4.40 Å². The van der Waals surface area contributed by atoms with E-state index >= 15 is 0 Å². The van der Waals surface area contributed by atoms with E-state index < -0.39 is 0 Å². The van der Waals surface area contributed by atoms with Crippen LogP contribution in [-0.2, 0) is 0 Å². The molecule has 0 aliphatic carbocycles. The highest BCUT2D eigenvalue weighted by molar-refractivity contribution is 6.29. The lowest BCUT2D eigenvalue weighted by Gasteiger charge is -2.02. The van der Waals surface area contributed by atoms with Crippen LogP contribution in [0.2, 0.25) is 0 Å². The van der Waals surface area contributed by atoms with Crippen molar-refractivity contribution in [2.24, 2.45) is 0 Å². The first-order valence-corrected chi connectivity index (χ1v) is 10.3. The monoisotopic (exact) mass is 381 g/mol. The first kappa shape index (κ1) is 14.9. The second kappa shape index (κ2) is 4.92. The van der Waals surface area contributed by atoms with Crippen LogP contribution in [0.15, 0.2) is 95.4 Å². The third kappa shape index (κ3) is 1.60. The van der Waals surface area contributed by atoms with Crippen LogP contribution in [0.4, 0.5) is 0 Å². The molecule has 3 aromatic heterocycles. The highest BCUT2D eigenvalue weighted by Gasteiger charge is 2.20. The Bertz CT molecular complexity index is 1950. The van der Waals surface area contributed by atoms with Gasteiger partial charge in [0.25, 0.3) is 0 Å². The molecule has 0 saturated heterocycles. The van der Waals surface area contributed by atoms with Gasteiger partial charge in [-0.05, 0) is 35.0 Å². The molecule has 0 atom stereocenters. The number of para-hydroxylation sites is 2. The third-order valence-electron chi connectivity index (χ3n) is 6.70. The molecule has 0 amide bonds. The van der Waals surface area contributed by atoms with Crippen molar-refractivity contribution in [2.75, 3.05) is 0 Å². The molecule has 0 fully saturated rings. The number of aromatic nitrogens is 1. The van der Waals surface area contributed by atoms with Crippen LogP contribution >= 0.6 is 0 Å². The maximum Gasteiger partial charge on any atom is 0.136 e. The van der Waals surface area contributed by atoms with E-state index in [1.54, 1.807) is 0 Å². The molecule has 2 nitrogen and oxygen atoms in total. The lowest BCUT2D eigenvalue weighted by molar-refractivity contribution is 0.669. The first-order chi connectivity index (χ1) is 14.9. The Balaban J connectivity index is 1.70. The highest BCUT2D eigenvalue weighted by atomic mass is 16.3. The number of benzene rings is 5. The lowest BCUT2D eigenvalue weighted by atomic mass is 10.0. The van der Waals surface area contributed by atoms with Crippen molar-refractivity contribution in [1.29, 1.82) is 0 Å². The molecular formula is C28H15NO. The second-order valence-corrected chi connectivity index (χ2v) is 8.18. The molecule has 0 spiro atoms. The van der Waals surface area contributed by atoms with Gasteiger partial charge in [-0.25, -0.2) is 0 Å². The zero-order chi connectivity index (χ0) is 19.4. The molecule has 0 unspecified atom stereocenters. The van der Waals surface area contributed by atoms with Crippen LogP contribution in [0.3, 0.4) is 0 Å². The summed E-state index contributed by atoms with van der Waals surface area (Å²) >= 11 is 0. The summed E-state index contributed by atoms with van der Waals surface area (Å²) in [6.45, 7) is 0. The van der Waals surface area contributed by atoms with Gasteiger partial charge in [0.15, 0.2) is 0 Å². The number of fused-ring (bicyclic) bond motifs is 11. The molecule has 2 heteroatoms. The summed E-state index contributed by atoms with van der Waals surface area (Å²) in [6, 6.07) is 32.7. The number of furan rings is 1. The summed E-state index contributed by atoms with van der Waals surface area (Å²) in [7, 11) is 0. The van der Waals surface area contributed by atoms with Crippen molar-refractivity contribution in [2.45, 2.75) is 0 Å². The van der Waals surface area contributed by atoms with Crippen LogP contribution in [0.25, 0.3) is 70.8 Å². The molecule has 8 rings (SSSR count). The Morgan fingerprint density at radius 3 is 2.27 bits per heavy atom. The van der Waals surface area contributed by atoms with E-state index in [1.807, 2.05) is 12.1 Å². The number of nitrogens with zero attached hydrogens (tertiary/aromatic N) is 1. The molecule has 0 aliphatic rings. The number of hydrogen-bond donors (Lipinski definition) is 0. The predicted molar refractivity (Wildman–Crippen MR) is 126 cm³/mol. The second-order valence-electron chi connectivity index (χ2n) is 8.18. The predicted octanol–water partition coefficient (Wildman–Crippen LogP) is 7.89. The van der Waals surface area contributed by atoms with E-state index in [0.29, 0.717) is 0 Å². The maximum atomic E-state index is 6.18. The van der Waals surface area contributed by atoms with Gasteiger partial charge >= 0.3 is 0 Å². The normalized spacial score (nSPS) is 12.7. The van der Waals surface area contributed by atoms with Crippen LogP contribution in [0, 0.1) is 0 Å². The minimum absolute atomic E-state index is 0.943. The van der Waals surface area contributed by atoms with Crippen LogP contribution < -0.4 is 0 Å². The summed E-state index contributed by atoms with van der Waals surface area (Å²) in [5, 5.41) is 10.1. The fourth-order valence-corrected chi connectivity index (χ4v) is 5.46. The van der Waals surface area contributed by atoms with Gasteiger partial charge in [0.1, 0.15) is 11.2 Å². The largest absolute Gasteiger partial charge is 0.456 e. The summed E-state index contributed by atoms with van der Waals surface area (Å²) in [6.07, 6.45) is 0. The van der Waals surface area contributed by atoms with E-state index in [9.17, 15) is 0 Å². The van der Waals surface area contributed by atoms with Gasteiger partial charge in [-0.1, -0.05) is 66.7 Å². The Kier molecular flexibility index (Phi) is 2.44. The highest BCUT2D eigenvalue weighted by Crippen LogP contribution is 2.43. The molecule has 0 N–H and O–H groups in total. The van der Waals surface area contributed by atoms with Gasteiger partial charge in [-0.15, -0.1) is 0 Å². The van der Waals surface area contributed by atoms with Crippen molar-refractivity contribution in [3.05, 3.63) is 91.0 Å². The van der Waals surface area contributed by atoms with Crippen molar-refractivity contribution in [1.82, 2.24) is 4.40 Å². The number of hydrogen-bond acceptors (Lipinski definition) is 1. The van der Waals surface area contributed by atoms with Crippen LogP contribution in [0.1, 0.15) is 0 Å². The van der Waals surface area contributed by atoms with Crippen LogP contribution in [0.5, 0.6) is 0 Å². The van der Waals surface area contributed by atoms with Gasteiger partial charge in [-0.2, -0.15) is 0 Å². The van der Waals surface area contributed by atoms with Crippen molar-refractivity contribution in [3.8, 4) is 0 Å². The zero-order valence-corrected chi connectivity index (χ0v) is 16.0. The molecule has 5 aromatic carbocycles. The minimum atomic E-state index is 0.943. The van der Waals surface area contributed by atoms with Gasteiger partial charge in [0, 0.05) is 32.3 Å². The Morgan fingerprint density at radius 2 is 1.30 bits per heavy atom. The van der Waals surface area contributed by atoms with Crippen molar-refractivity contribution < 1.29 is 4.42 Å². The molecule has 138 valence electrons. The SMILES string of the molecule is c1ccc2c(c1)ccc1c2c2cccc3c4cc5oc6ccccc6c5cc4n1c32. The molecule has 0 bridgehead atoms. The Labute approximate surface area is 170 Å². The third-order valence-corrected chi connectivity index (χ3v) is 6.70. The summed E-state index contributed by atoms with van der Waals surface area (Å²) in [5.41, 5.74) is 5.70. The van der Waals surface area contributed by atoms with Gasteiger partial charge < -0.3 is 8.82 Å². The smallest absolute Gasteiger partial charge is 0.136 e. The quantitative estimate of drug-likeness (QED) is 0.261. The first-order valence-electron chi connectivity index (χ1n) is 10.3. The molecule has 8 aromatic rings. The van der Waals surface area contributed by atoms with E-state index in [-0.39, 0.29) is 0 Å². The molecular weight excluding hydrogens is 366 g/mol. The molecule has 0 radical (unpaired) electrons. The molecule has 0 saturated carbocycles. The molecule has 0 aliphatic heterocycles. The average molecular weight is 381 g/mol. The number of rotatable bonds is 0. The fourth-order valence-electron chi connectivity index (χ4n) is 5.46. The van der Waals surface area contributed by atoms with Gasteiger partial charge in [0.2, 0.25) is 0 Å².